The number of hydrogen-bond acceptors (Lipinski definition) is 9. The van der Waals surface area contributed by atoms with Gasteiger partial charge in [-0.05, 0) is 90.2 Å². The molecule has 15 nitrogen and oxygen atoms in total. The van der Waals surface area contributed by atoms with Gasteiger partial charge in [0.05, 0.1) is 28.6 Å². The number of carbonyl (C=O) groups excluding carboxylic acids is 3. The van der Waals surface area contributed by atoms with Gasteiger partial charge in [0.15, 0.2) is 0 Å². The number of hydrogen-bond donors (Lipinski definition) is 3. The molecule has 2 aromatic rings. The Balaban J connectivity index is 1.45. The Morgan fingerprint density at radius 2 is 1.72 bits per heavy atom. The van der Waals surface area contributed by atoms with E-state index < -0.39 is 99.0 Å². The molecule has 0 radical (unpaired) electrons. The molecule has 2 saturated carbocycles. The van der Waals surface area contributed by atoms with Crippen molar-refractivity contribution in [2.45, 2.75) is 133 Å². The van der Waals surface area contributed by atoms with Crippen LogP contribution in [0.3, 0.4) is 0 Å². The van der Waals surface area contributed by atoms with Gasteiger partial charge in [0, 0.05) is 12.3 Å². The Labute approximate surface area is 334 Å². The Morgan fingerprint density at radius 1 is 1.07 bits per heavy atom. The number of carbonyl (C=O) groups is 4. The van der Waals surface area contributed by atoms with Crippen LogP contribution in [-0.2, 0) is 24.4 Å². The van der Waals surface area contributed by atoms with Crippen molar-refractivity contribution in [3.8, 4) is 5.88 Å². The molecule has 4 amide bonds. The topological polar surface area (TPSA) is 197 Å². The first kappa shape index (κ1) is 42.9. The van der Waals surface area contributed by atoms with Gasteiger partial charge in [0.1, 0.15) is 29.3 Å². The number of aromatic nitrogens is 2. The van der Waals surface area contributed by atoms with Crippen molar-refractivity contribution in [3.63, 3.8) is 0 Å². The third-order valence-corrected chi connectivity index (χ3v) is 13.7. The number of benzene rings is 1. The van der Waals surface area contributed by atoms with Crippen LogP contribution in [-0.4, -0.2) is 104 Å². The number of alkyl halides is 3. The van der Waals surface area contributed by atoms with Crippen molar-refractivity contribution in [2.75, 3.05) is 6.54 Å². The predicted octanol–water partition coefficient (Wildman–Crippen LogP) is 4.51. The number of sulfonamides is 1. The smallest absolute Gasteiger partial charge is 0.411 e. The van der Waals surface area contributed by atoms with E-state index in [0.29, 0.717) is 44.9 Å². The molecule has 7 atom stereocenters. The normalized spacial score (nSPS) is 29.1. The molecule has 1 saturated heterocycles. The molecular weight excluding hydrogens is 786 g/mol. The minimum absolute atomic E-state index is 0.0119. The molecule has 1 aromatic carbocycles. The predicted molar refractivity (Wildman–Crippen MR) is 205 cm³/mol. The molecule has 318 valence electrons. The van der Waals surface area contributed by atoms with Gasteiger partial charge in [-0.2, -0.15) is 13.2 Å². The van der Waals surface area contributed by atoms with Crippen LogP contribution in [0.15, 0.2) is 41.2 Å². The van der Waals surface area contributed by atoms with Crippen molar-refractivity contribution in [1.29, 1.82) is 0 Å². The second kappa shape index (κ2) is 15.5. The van der Waals surface area contributed by atoms with E-state index in [1.165, 1.54) is 11.6 Å². The zero-order valence-corrected chi connectivity index (χ0v) is 34.1. The average Bonchev–Trinajstić information content (AvgIpc) is 4.05. The van der Waals surface area contributed by atoms with Crippen LogP contribution in [0.5, 0.6) is 5.88 Å². The average molecular weight is 837 g/mol. The van der Waals surface area contributed by atoms with Crippen LogP contribution in [0.4, 0.5) is 18.0 Å². The first-order valence-corrected chi connectivity index (χ1v) is 21.2. The molecule has 2 aliphatic heterocycles. The van der Waals surface area contributed by atoms with Crippen molar-refractivity contribution in [1.82, 2.24) is 29.6 Å². The highest BCUT2D eigenvalue weighted by Gasteiger charge is 2.63. The van der Waals surface area contributed by atoms with E-state index in [2.05, 4.69) is 15.1 Å². The number of nitrogens with zero attached hydrogens (tertiary/aromatic N) is 4. The first-order valence-electron chi connectivity index (χ1n) is 19.6. The molecule has 1 aromatic heterocycles. The fourth-order valence-electron chi connectivity index (χ4n) is 8.26. The third kappa shape index (κ3) is 8.14. The maximum atomic E-state index is 15.0. The van der Waals surface area contributed by atoms with Crippen molar-refractivity contribution >= 4 is 44.6 Å². The number of carboxylic acid groups (broad SMARTS) is 1. The van der Waals surface area contributed by atoms with E-state index in [4.69, 9.17) is 4.74 Å². The van der Waals surface area contributed by atoms with E-state index in [9.17, 15) is 45.9 Å². The van der Waals surface area contributed by atoms with E-state index in [-0.39, 0.29) is 46.9 Å². The molecule has 3 heterocycles. The van der Waals surface area contributed by atoms with E-state index in [1.54, 1.807) is 50.3 Å². The molecule has 0 spiro atoms. The summed E-state index contributed by atoms with van der Waals surface area (Å²) in [7, 11) is -4.04. The monoisotopic (exact) mass is 836 g/mol. The number of rotatable bonds is 8. The number of ether oxygens (including phenoxy) is 1. The fraction of sp³-hybridized carbons (Fsp3) is 0.641. The number of fused-ring (bicyclic) bond motifs is 3. The lowest BCUT2D eigenvalue weighted by molar-refractivity contribution is -0.222. The lowest BCUT2D eigenvalue weighted by Crippen LogP contribution is -2.66. The maximum Gasteiger partial charge on any atom is 0.411 e. The van der Waals surface area contributed by atoms with Crippen LogP contribution in [0.2, 0.25) is 0 Å². The van der Waals surface area contributed by atoms with Gasteiger partial charge >= 0.3 is 12.3 Å². The maximum absolute atomic E-state index is 15.0. The van der Waals surface area contributed by atoms with Gasteiger partial charge in [0.2, 0.25) is 27.7 Å². The number of amides is 4. The molecule has 4 aliphatic rings. The number of nitrogens with one attached hydrogen (secondary N) is 2. The van der Waals surface area contributed by atoms with Crippen LogP contribution < -0.4 is 20.3 Å². The Kier molecular flexibility index (Phi) is 11.5. The zero-order valence-electron chi connectivity index (χ0n) is 33.3. The summed E-state index contributed by atoms with van der Waals surface area (Å²) < 4.78 is 79.6. The summed E-state index contributed by atoms with van der Waals surface area (Å²) in [5.74, 6) is -4.75. The van der Waals surface area contributed by atoms with Gasteiger partial charge < -0.3 is 20.1 Å². The highest BCUT2D eigenvalue weighted by Crippen LogP contribution is 2.47. The first-order chi connectivity index (χ1) is 27.0. The molecule has 58 heavy (non-hydrogen) atoms. The van der Waals surface area contributed by atoms with Crippen molar-refractivity contribution < 1.29 is 50.6 Å². The number of halogens is 3. The molecule has 3 N–H and O–H groups in total. The van der Waals surface area contributed by atoms with Gasteiger partial charge in [-0.25, -0.2) is 17.9 Å². The standard InChI is InChI=1S/C39H51F3N6O9S/c1-21(2)48-33(50)28-14-10-9-13-27(28)32(44-48)57-25-18-29-31(49)43-38(35(52)45-58(55,56)26-15-16-26)19-24(38)12-8-7-11-22(3)17-23(4)30(34(51)46(29)20-25)47(36(53)54)37(5,6)39(40,41)42/h8-10,12-14,21-26,29-30H,7,11,15-20H2,1-6H3,(H,43,49)(H,45,52)(H,53,54)/b12-8-/t22-,23+,24+,25+,29-,30-,38+/m0/s1. The van der Waals surface area contributed by atoms with Crippen molar-refractivity contribution in [3.05, 3.63) is 46.8 Å². The van der Waals surface area contributed by atoms with Crippen LogP contribution in [0, 0.1) is 17.8 Å². The lowest BCUT2D eigenvalue weighted by atomic mass is 9.85. The Bertz CT molecular complexity index is 2170. The number of allylic oxidation sites excluding steroid dienone is 1. The second-order valence-electron chi connectivity index (χ2n) is 17.1. The minimum atomic E-state index is -5.11. The van der Waals surface area contributed by atoms with Crippen LogP contribution in [0.1, 0.15) is 92.5 Å². The Hall–Kier alpha value is -4.68. The van der Waals surface area contributed by atoms with Gasteiger partial charge in [-0.1, -0.05) is 38.1 Å². The van der Waals surface area contributed by atoms with E-state index in [0.717, 1.165) is 4.90 Å². The van der Waals surface area contributed by atoms with Crippen LogP contribution in [0.25, 0.3) is 10.8 Å². The summed E-state index contributed by atoms with van der Waals surface area (Å²) in [5, 5.41) is 17.5. The SMILES string of the molecule is CC(C)n1nc(O[C@@H]2C[C@H]3C(=O)N[C@]4(C(=O)NS(=O)(=O)C5CC5)C[C@H]4/C=C\CC[C@H](C)C[C@@H](C)[C@H](N(C(=O)O)C(C)(C)C(F)(F)F)C(=O)N3C2)c2ccccc2c1=O. The summed E-state index contributed by atoms with van der Waals surface area (Å²) in [6.07, 6.45) is -3.04. The summed E-state index contributed by atoms with van der Waals surface area (Å²) in [5.41, 5.74) is -5.17. The quantitative estimate of drug-likeness (QED) is 0.318. The molecule has 2 aliphatic carbocycles. The highest BCUT2D eigenvalue weighted by atomic mass is 32.2. The van der Waals surface area contributed by atoms with Crippen LogP contribution >= 0.6 is 0 Å². The van der Waals surface area contributed by atoms with E-state index >= 15 is 4.79 Å². The Morgan fingerprint density at radius 3 is 2.33 bits per heavy atom. The summed E-state index contributed by atoms with van der Waals surface area (Å²) >= 11 is 0. The zero-order chi connectivity index (χ0) is 42.7. The van der Waals surface area contributed by atoms with Gasteiger partial charge in [-0.3, -0.25) is 28.8 Å². The fourth-order valence-corrected chi connectivity index (χ4v) is 9.62. The largest absolute Gasteiger partial charge is 0.471 e. The molecule has 6 rings (SSSR count). The molecular formula is C39H51F3N6O9S. The second-order valence-corrected chi connectivity index (χ2v) is 19.1. The minimum Gasteiger partial charge on any atom is -0.471 e. The molecule has 0 bridgehead atoms. The molecule has 3 fully saturated rings. The van der Waals surface area contributed by atoms with E-state index in [1.807, 2.05) is 6.92 Å². The van der Waals surface area contributed by atoms with Crippen molar-refractivity contribution in [2.24, 2.45) is 17.8 Å². The summed E-state index contributed by atoms with van der Waals surface area (Å²) in [6, 6.07) is 2.67. The summed E-state index contributed by atoms with van der Waals surface area (Å²) in [6.45, 7) is 7.77. The molecule has 0 unspecified atom stereocenters. The molecule has 19 heteroatoms. The summed E-state index contributed by atoms with van der Waals surface area (Å²) in [4.78, 5) is 70.7. The van der Waals surface area contributed by atoms with Gasteiger partial charge in [0.25, 0.3) is 11.5 Å². The third-order valence-electron chi connectivity index (χ3n) is 11.9. The lowest BCUT2D eigenvalue weighted by Gasteiger charge is -2.45. The van der Waals surface area contributed by atoms with Gasteiger partial charge in [-0.15, -0.1) is 5.10 Å². The highest BCUT2D eigenvalue weighted by molar-refractivity contribution is 7.91.